The van der Waals surface area contributed by atoms with Crippen molar-refractivity contribution in [2.24, 2.45) is 5.41 Å². The van der Waals surface area contributed by atoms with Gasteiger partial charge in [-0.2, -0.15) is 0 Å². The quantitative estimate of drug-likeness (QED) is 0.672. The number of benzene rings is 1. The number of amides is 3. The number of aryl methyl sites for hydroxylation is 2. The van der Waals surface area contributed by atoms with E-state index in [4.69, 9.17) is 0 Å². The van der Waals surface area contributed by atoms with Crippen LogP contribution in [-0.4, -0.2) is 54.2 Å². The van der Waals surface area contributed by atoms with Gasteiger partial charge in [0, 0.05) is 31.9 Å². The van der Waals surface area contributed by atoms with E-state index >= 15 is 0 Å². The van der Waals surface area contributed by atoms with E-state index in [-0.39, 0.29) is 11.8 Å². The predicted octanol–water partition coefficient (Wildman–Crippen LogP) is 1.57. The summed E-state index contributed by atoms with van der Waals surface area (Å²) in [5.74, 6) is -0.537. The zero-order valence-corrected chi connectivity index (χ0v) is 14.8. The minimum Gasteiger partial charge on any atom is -0.342 e. The van der Waals surface area contributed by atoms with Crippen LogP contribution in [0.5, 0.6) is 0 Å². The smallest absolute Gasteiger partial charge is 0.239 e. The lowest BCUT2D eigenvalue weighted by Gasteiger charge is -2.36. The summed E-state index contributed by atoms with van der Waals surface area (Å²) in [6.07, 6.45) is 0.791. The number of nitrogens with zero attached hydrogens (tertiary/aromatic N) is 2. The van der Waals surface area contributed by atoms with Crippen LogP contribution in [0.4, 0.5) is 5.69 Å². The molecule has 24 heavy (non-hydrogen) atoms. The highest BCUT2D eigenvalue weighted by molar-refractivity contribution is 6.09. The third-order valence-electron chi connectivity index (χ3n) is 4.33. The van der Waals surface area contributed by atoms with Crippen molar-refractivity contribution < 1.29 is 14.4 Å². The Hall–Kier alpha value is -2.37. The van der Waals surface area contributed by atoms with Gasteiger partial charge in [0.15, 0.2) is 0 Å². The first-order valence-electron chi connectivity index (χ1n) is 8.12. The molecule has 130 valence electrons. The van der Waals surface area contributed by atoms with E-state index in [1.807, 2.05) is 32.0 Å². The summed E-state index contributed by atoms with van der Waals surface area (Å²) in [6.45, 7) is 9.12. The number of piperazine rings is 1. The molecule has 1 N–H and O–H groups in total. The summed E-state index contributed by atoms with van der Waals surface area (Å²) in [5.41, 5.74) is 1.64. The average molecular weight is 331 g/mol. The van der Waals surface area contributed by atoms with Crippen molar-refractivity contribution in [2.45, 2.75) is 27.7 Å². The fraction of sp³-hybridized carbons (Fsp3) is 0.500. The van der Waals surface area contributed by atoms with Crippen molar-refractivity contribution >= 4 is 23.9 Å². The molecule has 1 fully saturated rings. The van der Waals surface area contributed by atoms with Gasteiger partial charge in [-0.05, 0) is 51.0 Å². The highest BCUT2D eigenvalue weighted by atomic mass is 16.2. The minimum atomic E-state index is -1.17. The molecule has 0 spiro atoms. The third kappa shape index (κ3) is 3.93. The van der Waals surface area contributed by atoms with Crippen LogP contribution in [0.15, 0.2) is 18.2 Å². The van der Waals surface area contributed by atoms with Gasteiger partial charge in [-0.25, -0.2) is 0 Å². The van der Waals surface area contributed by atoms with Gasteiger partial charge in [0.1, 0.15) is 5.41 Å². The molecule has 0 saturated carbocycles. The normalized spacial score (nSPS) is 15.2. The van der Waals surface area contributed by atoms with Crippen LogP contribution < -0.4 is 5.32 Å². The second-order valence-electron chi connectivity index (χ2n) is 6.89. The summed E-state index contributed by atoms with van der Waals surface area (Å²) >= 11 is 0. The molecule has 0 bridgehead atoms. The van der Waals surface area contributed by atoms with E-state index in [0.717, 1.165) is 17.5 Å². The molecular formula is C18H25N3O3. The SMILES string of the molecule is Cc1cc(C)cc(NC(=O)C(C)(C)C(=O)N2CCN(C=O)CC2)c1. The molecule has 6 nitrogen and oxygen atoms in total. The van der Waals surface area contributed by atoms with Crippen LogP contribution in [0.3, 0.4) is 0 Å². The molecule has 0 unspecified atom stereocenters. The summed E-state index contributed by atoms with van der Waals surface area (Å²) in [7, 11) is 0. The minimum absolute atomic E-state index is 0.213. The Kier molecular flexibility index (Phi) is 5.26. The number of carbonyl (C=O) groups excluding carboxylic acids is 3. The van der Waals surface area contributed by atoms with Crippen molar-refractivity contribution in [3.8, 4) is 0 Å². The first-order valence-corrected chi connectivity index (χ1v) is 8.12. The monoisotopic (exact) mass is 331 g/mol. The van der Waals surface area contributed by atoms with Gasteiger partial charge in [-0.3, -0.25) is 14.4 Å². The van der Waals surface area contributed by atoms with Gasteiger partial charge in [0.25, 0.3) is 0 Å². The van der Waals surface area contributed by atoms with Crippen molar-refractivity contribution in [1.82, 2.24) is 9.80 Å². The third-order valence-corrected chi connectivity index (χ3v) is 4.33. The number of hydrogen-bond acceptors (Lipinski definition) is 3. The van der Waals surface area contributed by atoms with Gasteiger partial charge < -0.3 is 15.1 Å². The van der Waals surface area contributed by atoms with Crippen molar-refractivity contribution in [2.75, 3.05) is 31.5 Å². The maximum Gasteiger partial charge on any atom is 0.239 e. The molecule has 0 atom stereocenters. The number of hydrogen-bond donors (Lipinski definition) is 1. The molecule has 1 saturated heterocycles. The zero-order valence-electron chi connectivity index (χ0n) is 14.8. The predicted molar refractivity (Wildman–Crippen MR) is 92.5 cm³/mol. The van der Waals surface area contributed by atoms with Crippen molar-refractivity contribution in [3.63, 3.8) is 0 Å². The topological polar surface area (TPSA) is 69.7 Å². The molecule has 0 radical (unpaired) electrons. The number of carbonyl (C=O) groups is 3. The fourth-order valence-corrected chi connectivity index (χ4v) is 2.86. The maximum absolute atomic E-state index is 12.7. The van der Waals surface area contributed by atoms with Crippen LogP contribution >= 0.6 is 0 Å². The molecule has 0 aromatic heterocycles. The molecule has 0 aliphatic carbocycles. The number of rotatable bonds is 4. The zero-order chi connectivity index (χ0) is 17.9. The van der Waals surface area contributed by atoms with E-state index in [1.165, 1.54) is 0 Å². The molecule has 1 heterocycles. The Balaban J connectivity index is 2.06. The maximum atomic E-state index is 12.7. The van der Waals surface area contributed by atoms with Crippen molar-refractivity contribution in [1.29, 1.82) is 0 Å². The van der Waals surface area contributed by atoms with Gasteiger partial charge in [-0.1, -0.05) is 6.07 Å². The average Bonchev–Trinajstić information content (AvgIpc) is 2.53. The molecular weight excluding hydrogens is 306 g/mol. The summed E-state index contributed by atoms with van der Waals surface area (Å²) < 4.78 is 0. The molecule has 1 aromatic carbocycles. The second-order valence-corrected chi connectivity index (χ2v) is 6.89. The van der Waals surface area contributed by atoms with E-state index in [2.05, 4.69) is 5.32 Å². The van der Waals surface area contributed by atoms with Gasteiger partial charge in [0.05, 0.1) is 0 Å². The van der Waals surface area contributed by atoms with Crippen LogP contribution in [0.25, 0.3) is 0 Å². The molecule has 1 aromatic rings. The molecule has 1 aliphatic rings. The fourth-order valence-electron chi connectivity index (χ4n) is 2.86. The second kappa shape index (κ2) is 7.03. The van der Waals surface area contributed by atoms with Crippen molar-refractivity contribution in [3.05, 3.63) is 29.3 Å². The highest BCUT2D eigenvalue weighted by Gasteiger charge is 2.40. The lowest BCUT2D eigenvalue weighted by molar-refractivity contribution is -0.148. The Morgan fingerprint density at radius 3 is 2.08 bits per heavy atom. The van der Waals surface area contributed by atoms with Crippen LogP contribution in [-0.2, 0) is 14.4 Å². The van der Waals surface area contributed by atoms with E-state index in [1.54, 1.807) is 23.6 Å². The van der Waals surface area contributed by atoms with Gasteiger partial charge >= 0.3 is 0 Å². The van der Waals surface area contributed by atoms with Gasteiger partial charge in [-0.15, -0.1) is 0 Å². The molecule has 2 rings (SSSR count). The lowest BCUT2D eigenvalue weighted by Crippen LogP contribution is -2.54. The highest BCUT2D eigenvalue weighted by Crippen LogP contribution is 2.23. The van der Waals surface area contributed by atoms with E-state index in [9.17, 15) is 14.4 Å². The summed E-state index contributed by atoms with van der Waals surface area (Å²) in [6, 6.07) is 5.79. The summed E-state index contributed by atoms with van der Waals surface area (Å²) in [4.78, 5) is 39.4. The van der Waals surface area contributed by atoms with Crippen LogP contribution in [0.2, 0.25) is 0 Å². The first kappa shape index (κ1) is 18.0. The number of anilines is 1. The Morgan fingerprint density at radius 1 is 1.04 bits per heavy atom. The van der Waals surface area contributed by atoms with Crippen LogP contribution in [0.1, 0.15) is 25.0 Å². The first-order chi connectivity index (χ1) is 11.2. The lowest BCUT2D eigenvalue weighted by atomic mass is 9.89. The Morgan fingerprint density at radius 2 is 1.58 bits per heavy atom. The number of nitrogens with one attached hydrogen (secondary N) is 1. The van der Waals surface area contributed by atoms with E-state index in [0.29, 0.717) is 31.9 Å². The Labute approximate surface area is 142 Å². The molecule has 3 amide bonds. The van der Waals surface area contributed by atoms with Gasteiger partial charge in [0.2, 0.25) is 18.2 Å². The Bertz CT molecular complexity index is 627. The summed E-state index contributed by atoms with van der Waals surface area (Å²) in [5, 5.41) is 2.85. The van der Waals surface area contributed by atoms with E-state index < -0.39 is 5.41 Å². The largest absolute Gasteiger partial charge is 0.342 e. The molecule has 6 heteroatoms. The molecule has 1 aliphatic heterocycles. The standard InChI is InChI=1S/C18H25N3O3/c1-13-9-14(2)11-15(10-13)19-16(23)18(3,4)17(24)21-7-5-20(12-22)6-8-21/h9-12H,5-8H2,1-4H3,(H,19,23). The van der Waals surface area contributed by atoms with Crippen LogP contribution in [0, 0.1) is 19.3 Å².